The lowest BCUT2D eigenvalue weighted by atomic mass is 9.95. The molecular formula is C13H16ClNO3. The van der Waals surface area contributed by atoms with Gasteiger partial charge in [-0.2, -0.15) is 0 Å². The molecule has 4 nitrogen and oxygen atoms in total. The highest BCUT2D eigenvalue weighted by atomic mass is 35.5. The molecule has 2 rings (SSSR count). The monoisotopic (exact) mass is 269 g/mol. The number of benzene rings is 1. The number of carbonyl (C=O) groups is 1. The molecule has 1 aliphatic heterocycles. The number of aliphatic carboxylic acids is 1. The van der Waals surface area contributed by atoms with Crippen molar-refractivity contribution in [2.45, 2.75) is 24.9 Å². The zero-order valence-electron chi connectivity index (χ0n) is 9.97. The van der Waals surface area contributed by atoms with E-state index in [1.165, 1.54) is 0 Å². The van der Waals surface area contributed by atoms with Crippen molar-refractivity contribution in [3.05, 3.63) is 29.3 Å². The second-order valence-electron chi connectivity index (χ2n) is 4.63. The first kappa shape index (κ1) is 13.2. The largest absolute Gasteiger partial charge is 0.479 e. The molecule has 1 fully saturated rings. The van der Waals surface area contributed by atoms with E-state index in [1.54, 1.807) is 0 Å². The van der Waals surface area contributed by atoms with Crippen LogP contribution in [0, 0.1) is 0 Å². The van der Waals surface area contributed by atoms with Crippen molar-refractivity contribution in [2.75, 3.05) is 18.0 Å². The van der Waals surface area contributed by atoms with E-state index in [0.29, 0.717) is 24.5 Å². The Kier molecular flexibility index (Phi) is 3.78. The van der Waals surface area contributed by atoms with Crippen molar-refractivity contribution >= 4 is 23.3 Å². The van der Waals surface area contributed by atoms with Gasteiger partial charge in [0, 0.05) is 19.5 Å². The van der Waals surface area contributed by atoms with Gasteiger partial charge in [-0.1, -0.05) is 23.7 Å². The lowest BCUT2D eigenvalue weighted by Gasteiger charge is -2.25. The molecule has 1 saturated heterocycles. The van der Waals surface area contributed by atoms with Gasteiger partial charge in [0.15, 0.2) is 5.60 Å². The van der Waals surface area contributed by atoms with E-state index in [-0.39, 0.29) is 12.8 Å². The third-order valence-electron chi connectivity index (χ3n) is 3.40. The van der Waals surface area contributed by atoms with Gasteiger partial charge in [-0.25, -0.2) is 4.79 Å². The summed E-state index contributed by atoms with van der Waals surface area (Å²) in [7, 11) is 0. The Balaban J connectivity index is 2.15. The number of hydrogen-bond donors (Lipinski definition) is 2. The first-order chi connectivity index (χ1) is 8.53. The minimum absolute atomic E-state index is 0.216. The van der Waals surface area contributed by atoms with Gasteiger partial charge >= 0.3 is 5.97 Å². The molecule has 0 radical (unpaired) electrons. The first-order valence-electron chi connectivity index (χ1n) is 5.98. The summed E-state index contributed by atoms with van der Waals surface area (Å²) in [6, 6.07) is 7.48. The van der Waals surface area contributed by atoms with Crippen LogP contribution in [-0.2, 0) is 4.79 Å². The van der Waals surface area contributed by atoms with E-state index < -0.39 is 11.6 Å². The standard InChI is InChI=1S/C13H16ClNO3/c14-10-4-1-2-5-11(10)15-8-3-6-13(18,7-9-15)12(16)17/h1-2,4-5,18H,3,6-9H2,(H,16,17). The van der Waals surface area contributed by atoms with Crippen LogP contribution in [0.25, 0.3) is 0 Å². The lowest BCUT2D eigenvalue weighted by molar-refractivity contribution is -0.159. The predicted molar refractivity (Wildman–Crippen MR) is 70.1 cm³/mol. The summed E-state index contributed by atoms with van der Waals surface area (Å²) in [6.07, 6.45) is 1.13. The Morgan fingerprint density at radius 2 is 2.00 bits per heavy atom. The lowest BCUT2D eigenvalue weighted by Crippen LogP contribution is -2.39. The summed E-state index contributed by atoms with van der Waals surface area (Å²) < 4.78 is 0. The highest BCUT2D eigenvalue weighted by Crippen LogP contribution is 2.30. The van der Waals surface area contributed by atoms with Crippen LogP contribution in [0.5, 0.6) is 0 Å². The highest BCUT2D eigenvalue weighted by Gasteiger charge is 2.37. The van der Waals surface area contributed by atoms with Crippen LogP contribution in [0.15, 0.2) is 24.3 Å². The van der Waals surface area contributed by atoms with E-state index in [9.17, 15) is 9.90 Å². The third-order valence-corrected chi connectivity index (χ3v) is 3.72. The van der Waals surface area contributed by atoms with Crippen molar-refractivity contribution in [3.63, 3.8) is 0 Å². The second kappa shape index (κ2) is 5.16. The molecule has 0 aliphatic carbocycles. The summed E-state index contributed by atoms with van der Waals surface area (Å²) in [6.45, 7) is 1.20. The Labute approximate surface area is 111 Å². The van der Waals surface area contributed by atoms with Crippen LogP contribution in [0.4, 0.5) is 5.69 Å². The fourth-order valence-electron chi connectivity index (χ4n) is 2.28. The number of aliphatic hydroxyl groups is 1. The van der Waals surface area contributed by atoms with Crippen LogP contribution in [-0.4, -0.2) is 34.9 Å². The molecule has 5 heteroatoms. The first-order valence-corrected chi connectivity index (χ1v) is 6.36. The van der Waals surface area contributed by atoms with Gasteiger partial charge < -0.3 is 15.1 Å². The average Bonchev–Trinajstić information content (AvgIpc) is 2.53. The molecule has 0 spiro atoms. The molecule has 0 amide bonds. The Morgan fingerprint density at radius 1 is 1.28 bits per heavy atom. The van der Waals surface area contributed by atoms with E-state index in [0.717, 1.165) is 5.69 Å². The van der Waals surface area contributed by atoms with E-state index in [1.807, 2.05) is 29.2 Å². The Bertz CT molecular complexity index is 452. The molecule has 2 N–H and O–H groups in total. The van der Waals surface area contributed by atoms with E-state index in [2.05, 4.69) is 0 Å². The number of para-hydroxylation sites is 1. The summed E-state index contributed by atoms with van der Waals surface area (Å²) in [5.74, 6) is -1.14. The molecule has 1 aromatic rings. The molecule has 98 valence electrons. The summed E-state index contributed by atoms with van der Waals surface area (Å²) in [4.78, 5) is 13.1. The molecule has 1 unspecified atom stereocenters. The van der Waals surface area contributed by atoms with E-state index >= 15 is 0 Å². The van der Waals surface area contributed by atoms with Crippen LogP contribution in [0.2, 0.25) is 5.02 Å². The van der Waals surface area contributed by atoms with Crippen LogP contribution < -0.4 is 4.90 Å². The fourth-order valence-corrected chi connectivity index (χ4v) is 2.54. The zero-order chi connectivity index (χ0) is 13.2. The predicted octanol–water partition coefficient (Wildman–Crippen LogP) is 2.15. The second-order valence-corrected chi connectivity index (χ2v) is 5.04. The van der Waals surface area contributed by atoms with Gasteiger partial charge in [-0.05, 0) is 25.0 Å². The summed E-state index contributed by atoms with van der Waals surface area (Å²) in [5, 5.41) is 19.7. The van der Waals surface area contributed by atoms with Crippen molar-refractivity contribution in [1.82, 2.24) is 0 Å². The number of carboxylic acid groups (broad SMARTS) is 1. The maximum Gasteiger partial charge on any atom is 0.335 e. The zero-order valence-corrected chi connectivity index (χ0v) is 10.7. The SMILES string of the molecule is O=C(O)C1(O)CCCN(c2ccccc2Cl)CC1. The number of nitrogens with zero attached hydrogens (tertiary/aromatic N) is 1. The van der Waals surface area contributed by atoms with Crippen molar-refractivity contribution in [2.24, 2.45) is 0 Å². The van der Waals surface area contributed by atoms with Crippen molar-refractivity contribution < 1.29 is 15.0 Å². The molecule has 1 aliphatic rings. The number of rotatable bonds is 2. The van der Waals surface area contributed by atoms with Crippen LogP contribution >= 0.6 is 11.6 Å². The number of carboxylic acids is 1. The van der Waals surface area contributed by atoms with Crippen LogP contribution in [0.3, 0.4) is 0 Å². The Hall–Kier alpha value is -1.26. The molecule has 1 aromatic carbocycles. The number of halogens is 1. The molecular weight excluding hydrogens is 254 g/mol. The van der Waals surface area contributed by atoms with Crippen molar-refractivity contribution in [1.29, 1.82) is 0 Å². The van der Waals surface area contributed by atoms with Gasteiger partial charge in [0.2, 0.25) is 0 Å². The molecule has 0 aromatic heterocycles. The highest BCUT2D eigenvalue weighted by molar-refractivity contribution is 6.33. The Morgan fingerprint density at radius 3 is 2.67 bits per heavy atom. The molecule has 1 atom stereocenters. The molecule has 0 saturated carbocycles. The van der Waals surface area contributed by atoms with Gasteiger partial charge in [0.05, 0.1) is 10.7 Å². The average molecular weight is 270 g/mol. The number of anilines is 1. The van der Waals surface area contributed by atoms with Gasteiger partial charge in [0.1, 0.15) is 0 Å². The molecule has 0 bridgehead atoms. The van der Waals surface area contributed by atoms with Gasteiger partial charge in [-0.3, -0.25) is 0 Å². The maximum absolute atomic E-state index is 11.0. The van der Waals surface area contributed by atoms with Crippen LogP contribution in [0.1, 0.15) is 19.3 Å². The normalized spacial score (nSPS) is 24.7. The third kappa shape index (κ3) is 2.60. The smallest absolute Gasteiger partial charge is 0.335 e. The maximum atomic E-state index is 11.0. The summed E-state index contributed by atoms with van der Waals surface area (Å²) >= 11 is 6.12. The summed E-state index contributed by atoms with van der Waals surface area (Å²) in [5.41, 5.74) is -0.704. The minimum Gasteiger partial charge on any atom is -0.479 e. The van der Waals surface area contributed by atoms with Crippen molar-refractivity contribution in [3.8, 4) is 0 Å². The minimum atomic E-state index is -1.60. The fraction of sp³-hybridized carbons (Fsp3) is 0.462. The van der Waals surface area contributed by atoms with Gasteiger partial charge in [0.25, 0.3) is 0 Å². The molecule has 1 heterocycles. The number of hydrogen-bond acceptors (Lipinski definition) is 3. The van der Waals surface area contributed by atoms with E-state index in [4.69, 9.17) is 16.7 Å². The molecule has 18 heavy (non-hydrogen) atoms. The topological polar surface area (TPSA) is 60.8 Å². The van der Waals surface area contributed by atoms with Gasteiger partial charge in [-0.15, -0.1) is 0 Å². The quantitative estimate of drug-likeness (QED) is 0.864.